The fourth-order valence-corrected chi connectivity index (χ4v) is 4.20. The van der Waals surface area contributed by atoms with Crippen molar-refractivity contribution in [3.05, 3.63) is 41.3 Å². The predicted molar refractivity (Wildman–Crippen MR) is 104 cm³/mol. The van der Waals surface area contributed by atoms with Gasteiger partial charge in [0.2, 0.25) is 21.7 Å². The van der Waals surface area contributed by atoms with Crippen molar-refractivity contribution < 1.29 is 27.5 Å². The van der Waals surface area contributed by atoms with Crippen LogP contribution in [0.4, 0.5) is 10.7 Å². The highest BCUT2D eigenvalue weighted by molar-refractivity contribution is 7.93. The van der Waals surface area contributed by atoms with E-state index in [0.29, 0.717) is 16.8 Å². The van der Waals surface area contributed by atoms with E-state index in [1.165, 1.54) is 0 Å². The first kappa shape index (κ1) is 19.6. The molecule has 2 aromatic heterocycles. The number of rotatable bonds is 4. The van der Waals surface area contributed by atoms with E-state index in [4.69, 9.17) is 21.7 Å². The number of carboxylic acid groups (broad SMARTS) is 1. The Labute approximate surface area is 164 Å². The van der Waals surface area contributed by atoms with Crippen LogP contribution in [0.2, 0.25) is 0 Å². The van der Waals surface area contributed by atoms with Crippen LogP contribution in [0.5, 0.6) is 0 Å². The summed E-state index contributed by atoms with van der Waals surface area (Å²) in [5.41, 5.74) is 0.653. The highest BCUT2D eigenvalue weighted by Crippen LogP contribution is 2.21. The molecule has 1 atom stereocenters. The van der Waals surface area contributed by atoms with Crippen LogP contribution in [0.1, 0.15) is 11.5 Å². The third-order valence-corrected chi connectivity index (χ3v) is 5.85. The van der Waals surface area contributed by atoms with Gasteiger partial charge in [-0.2, -0.15) is 4.98 Å². The number of thiocarbonyl (C=S) groups is 1. The van der Waals surface area contributed by atoms with Gasteiger partial charge >= 0.3 is 12.0 Å². The second-order valence-electron chi connectivity index (χ2n) is 5.90. The highest BCUT2D eigenvalue weighted by Gasteiger charge is 2.31. The van der Waals surface area contributed by atoms with Gasteiger partial charge in [-0.15, -0.1) is 0 Å². The van der Waals surface area contributed by atoms with Gasteiger partial charge in [-0.1, -0.05) is 18.3 Å². The number of sulfonamides is 1. The zero-order valence-corrected chi connectivity index (χ0v) is 16.2. The summed E-state index contributed by atoms with van der Waals surface area (Å²) in [5, 5.41) is 10.5. The van der Waals surface area contributed by atoms with Crippen molar-refractivity contribution in [3.8, 4) is 0 Å². The fourth-order valence-electron chi connectivity index (χ4n) is 2.52. The molecule has 2 amide bonds. The molecule has 2 heterocycles. The van der Waals surface area contributed by atoms with Crippen molar-refractivity contribution in [2.45, 2.75) is 19.1 Å². The van der Waals surface area contributed by atoms with Crippen LogP contribution in [0.25, 0.3) is 11.1 Å². The number of furan rings is 1. The maximum atomic E-state index is 12.4. The first-order valence-corrected chi connectivity index (χ1v) is 9.77. The number of nitrogens with one attached hydrogen (secondary N) is 2. The maximum Gasteiger partial charge on any atom is 0.335 e. The molecule has 1 unspecified atom stereocenters. The van der Waals surface area contributed by atoms with E-state index < -0.39 is 27.3 Å². The van der Waals surface area contributed by atoms with Crippen molar-refractivity contribution in [3.63, 3.8) is 0 Å². The molecule has 28 heavy (non-hydrogen) atoms. The molecule has 0 spiro atoms. The van der Waals surface area contributed by atoms with E-state index in [0.717, 1.165) is 18.2 Å². The molecule has 1 aliphatic rings. The largest absolute Gasteiger partial charge is 0.478 e. The molecule has 0 aromatic carbocycles. The molecule has 3 rings (SSSR count). The monoisotopic (exact) mass is 422 g/mol. The molecule has 12 heteroatoms. The number of urea groups is 1. The van der Waals surface area contributed by atoms with E-state index >= 15 is 0 Å². The molecule has 0 saturated carbocycles. The summed E-state index contributed by atoms with van der Waals surface area (Å²) < 4.78 is 32.0. The number of amides is 2. The van der Waals surface area contributed by atoms with Gasteiger partial charge in [0.1, 0.15) is 11.0 Å². The minimum absolute atomic E-state index is 0.137. The SMILES string of the molecule is Cc1cc2c(C)nc(NC(=O)NS(=O)(=O)C3C=CC(C(=O)O)=CC3=S)nc2o1. The average molecular weight is 422 g/mol. The van der Waals surface area contributed by atoms with Gasteiger partial charge in [0, 0.05) is 4.86 Å². The topological polar surface area (TPSA) is 151 Å². The highest BCUT2D eigenvalue weighted by atomic mass is 32.2. The van der Waals surface area contributed by atoms with Gasteiger partial charge in [-0.3, -0.25) is 5.32 Å². The smallest absolute Gasteiger partial charge is 0.335 e. The molecule has 10 nitrogen and oxygen atoms in total. The predicted octanol–water partition coefficient (Wildman–Crippen LogP) is 1.61. The molecule has 0 saturated heterocycles. The Kier molecular flexibility index (Phi) is 5.00. The van der Waals surface area contributed by atoms with E-state index in [1.54, 1.807) is 19.9 Å². The lowest BCUT2D eigenvalue weighted by atomic mass is 10.1. The summed E-state index contributed by atoms with van der Waals surface area (Å²) in [5.74, 6) is -0.763. The second-order valence-corrected chi connectivity index (χ2v) is 8.17. The number of fused-ring (bicyclic) bond motifs is 1. The molecular formula is C16H14N4O6S2. The average Bonchev–Trinajstić information content (AvgIpc) is 2.94. The third kappa shape index (κ3) is 3.92. The van der Waals surface area contributed by atoms with Gasteiger partial charge in [0.25, 0.3) is 0 Å². The molecule has 0 aliphatic heterocycles. The van der Waals surface area contributed by atoms with Gasteiger partial charge in [-0.05, 0) is 32.1 Å². The third-order valence-electron chi connectivity index (χ3n) is 3.78. The van der Waals surface area contributed by atoms with Crippen molar-refractivity contribution in [1.82, 2.24) is 14.7 Å². The Bertz CT molecular complexity index is 1180. The second kappa shape index (κ2) is 7.13. The van der Waals surface area contributed by atoms with Crippen LogP contribution in [-0.2, 0) is 14.8 Å². The van der Waals surface area contributed by atoms with Crippen LogP contribution < -0.4 is 10.0 Å². The fraction of sp³-hybridized carbons (Fsp3) is 0.188. The molecule has 0 radical (unpaired) electrons. The van der Waals surface area contributed by atoms with Crippen molar-refractivity contribution in [2.75, 3.05) is 5.32 Å². The number of aromatic nitrogens is 2. The first-order chi connectivity index (χ1) is 13.1. The number of carboxylic acids is 1. The van der Waals surface area contributed by atoms with Crippen molar-refractivity contribution in [1.29, 1.82) is 0 Å². The summed E-state index contributed by atoms with van der Waals surface area (Å²) in [6.45, 7) is 3.43. The van der Waals surface area contributed by atoms with Crippen LogP contribution >= 0.6 is 12.2 Å². The van der Waals surface area contributed by atoms with Gasteiger partial charge in [0.05, 0.1) is 16.7 Å². The Balaban J connectivity index is 1.75. The molecule has 3 N–H and O–H groups in total. The summed E-state index contributed by atoms with van der Waals surface area (Å²) >= 11 is 4.95. The lowest BCUT2D eigenvalue weighted by Crippen LogP contribution is -2.43. The standard InChI is InChI=1S/C16H14N4O6S2/c1-7-5-10-8(2)17-15(18-13(10)26-7)19-16(23)20-28(24,25)12-4-3-9(14(21)22)6-11(12)27/h3-6,12H,1-2H3,(H,21,22)(H2,17,18,19,20,23). The van der Waals surface area contributed by atoms with Gasteiger partial charge < -0.3 is 9.52 Å². The number of nitrogens with zero attached hydrogens (tertiary/aromatic N) is 2. The summed E-state index contributed by atoms with van der Waals surface area (Å²) in [6.07, 6.45) is 3.26. The quantitative estimate of drug-likeness (QED) is 0.624. The molecular weight excluding hydrogens is 408 g/mol. The van der Waals surface area contributed by atoms with Crippen molar-refractivity contribution in [2.24, 2.45) is 0 Å². The molecule has 2 aromatic rings. The van der Waals surface area contributed by atoms with Crippen LogP contribution in [-0.4, -0.2) is 45.6 Å². The number of aryl methyl sites for hydroxylation is 2. The Morgan fingerprint density at radius 1 is 1.29 bits per heavy atom. The van der Waals surface area contributed by atoms with E-state index in [1.807, 2.05) is 4.72 Å². The number of carbonyl (C=O) groups is 2. The Morgan fingerprint density at radius 2 is 2.00 bits per heavy atom. The molecule has 1 aliphatic carbocycles. The summed E-state index contributed by atoms with van der Waals surface area (Å²) in [6, 6.07) is 0.653. The van der Waals surface area contributed by atoms with Crippen LogP contribution in [0, 0.1) is 13.8 Å². The number of allylic oxidation sites excluding steroid dienone is 1. The summed E-state index contributed by atoms with van der Waals surface area (Å²) in [4.78, 5) is 31.0. The zero-order valence-electron chi connectivity index (χ0n) is 14.6. The van der Waals surface area contributed by atoms with E-state index in [2.05, 4.69) is 15.3 Å². The number of carbonyl (C=O) groups excluding carboxylic acids is 1. The minimum atomic E-state index is -4.26. The Morgan fingerprint density at radius 3 is 2.64 bits per heavy atom. The first-order valence-electron chi connectivity index (χ1n) is 7.81. The number of aliphatic carboxylic acids is 1. The lowest BCUT2D eigenvalue weighted by molar-refractivity contribution is -0.132. The van der Waals surface area contributed by atoms with E-state index in [9.17, 15) is 18.0 Å². The number of hydrogen-bond donors (Lipinski definition) is 3. The minimum Gasteiger partial charge on any atom is -0.478 e. The van der Waals surface area contributed by atoms with Crippen molar-refractivity contribution >= 4 is 56.2 Å². The van der Waals surface area contributed by atoms with Gasteiger partial charge in [-0.25, -0.2) is 27.7 Å². The number of anilines is 1. The molecule has 0 bridgehead atoms. The molecule has 0 fully saturated rings. The Hall–Kier alpha value is -3.12. The van der Waals surface area contributed by atoms with Crippen LogP contribution in [0.3, 0.4) is 0 Å². The number of hydrogen-bond acceptors (Lipinski definition) is 8. The lowest BCUT2D eigenvalue weighted by Gasteiger charge is -2.17. The van der Waals surface area contributed by atoms with Gasteiger partial charge in [0.15, 0.2) is 0 Å². The van der Waals surface area contributed by atoms with Crippen LogP contribution in [0.15, 0.2) is 34.3 Å². The summed E-state index contributed by atoms with van der Waals surface area (Å²) in [7, 11) is -4.26. The maximum absolute atomic E-state index is 12.4. The van der Waals surface area contributed by atoms with E-state index in [-0.39, 0.29) is 22.1 Å². The zero-order chi connectivity index (χ0) is 20.6. The molecule has 146 valence electrons. The normalized spacial score (nSPS) is 16.7.